The monoisotopic (exact) mass is 284 g/mol. The van der Waals surface area contributed by atoms with E-state index < -0.39 is 0 Å². The van der Waals surface area contributed by atoms with E-state index in [4.69, 9.17) is 4.42 Å². The van der Waals surface area contributed by atoms with E-state index in [-0.39, 0.29) is 23.6 Å². The summed E-state index contributed by atoms with van der Waals surface area (Å²) in [4.78, 5) is 25.7. The maximum Gasteiger partial charge on any atom is 0.287 e. The Bertz CT molecular complexity index is 622. The second-order valence-corrected chi connectivity index (χ2v) is 5.11. The molecule has 2 heterocycles. The molecule has 1 aliphatic heterocycles. The highest BCUT2D eigenvalue weighted by molar-refractivity contribution is 5.92. The molecular formula is C16H16N2O3. The molecule has 3 rings (SSSR count). The first-order valence-corrected chi connectivity index (χ1v) is 6.88. The number of carbonyl (C=O) groups is 2. The molecule has 1 atom stereocenters. The Labute approximate surface area is 122 Å². The van der Waals surface area contributed by atoms with Crippen LogP contribution in [0.25, 0.3) is 0 Å². The number of amides is 2. The summed E-state index contributed by atoms with van der Waals surface area (Å²) >= 11 is 0. The topological polar surface area (TPSA) is 62.6 Å². The third kappa shape index (κ3) is 3.13. The number of furan rings is 1. The van der Waals surface area contributed by atoms with Crippen LogP contribution in [-0.4, -0.2) is 29.3 Å². The Morgan fingerprint density at radius 1 is 1.24 bits per heavy atom. The number of nitrogens with one attached hydrogen (secondary N) is 1. The second kappa shape index (κ2) is 5.83. The predicted octanol–water partition coefficient (Wildman–Crippen LogP) is 1.81. The summed E-state index contributed by atoms with van der Waals surface area (Å²) in [7, 11) is 0. The molecule has 0 spiro atoms. The van der Waals surface area contributed by atoms with Gasteiger partial charge in [-0.05, 0) is 17.7 Å². The van der Waals surface area contributed by atoms with Crippen LogP contribution in [0.2, 0.25) is 0 Å². The number of benzene rings is 1. The lowest BCUT2D eigenvalue weighted by atomic mass is 10.2. The highest BCUT2D eigenvalue weighted by Crippen LogP contribution is 2.15. The molecule has 0 saturated carbocycles. The van der Waals surface area contributed by atoms with E-state index in [1.807, 2.05) is 30.3 Å². The van der Waals surface area contributed by atoms with Gasteiger partial charge in [-0.3, -0.25) is 9.59 Å². The fourth-order valence-electron chi connectivity index (χ4n) is 2.49. The van der Waals surface area contributed by atoms with Crippen molar-refractivity contribution in [1.29, 1.82) is 0 Å². The molecule has 1 aromatic carbocycles. The van der Waals surface area contributed by atoms with Crippen LogP contribution in [0.4, 0.5) is 0 Å². The van der Waals surface area contributed by atoms with E-state index in [2.05, 4.69) is 5.32 Å². The van der Waals surface area contributed by atoms with Gasteiger partial charge in [0, 0.05) is 19.5 Å². The third-order valence-electron chi connectivity index (χ3n) is 3.51. The van der Waals surface area contributed by atoms with Gasteiger partial charge >= 0.3 is 0 Å². The average Bonchev–Trinajstić information content (AvgIpc) is 3.11. The van der Waals surface area contributed by atoms with Crippen molar-refractivity contribution in [2.75, 3.05) is 6.54 Å². The molecule has 1 aliphatic rings. The number of nitrogens with zero attached hydrogens (tertiary/aromatic N) is 1. The first-order chi connectivity index (χ1) is 10.2. The molecular weight excluding hydrogens is 268 g/mol. The van der Waals surface area contributed by atoms with Gasteiger partial charge < -0.3 is 14.6 Å². The SMILES string of the molecule is O=C(N[C@H]1CC(=O)N(Cc2ccccc2)C1)c1ccco1. The maximum atomic E-state index is 12.0. The van der Waals surface area contributed by atoms with Crippen LogP contribution >= 0.6 is 0 Å². The zero-order valence-corrected chi connectivity index (χ0v) is 11.5. The Morgan fingerprint density at radius 3 is 2.76 bits per heavy atom. The van der Waals surface area contributed by atoms with Crippen LogP contribution in [-0.2, 0) is 11.3 Å². The fourth-order valence-corrected chi connectivity index (χ4v) is 2.49. The third-order valence-corrected chi connectivity index (χ3v) is 3.51. The highest BCUT2D eigenvalue weighted by atomic mass is 16.3. The Balaban J connectivity index is 1.58. The van der Waals surface area contributed by atoms with Gasteiger partial charge in [-0.15, -0.1) is 0 Å². The summed E-state index contributed by atoms with van der Waals surface area (Å²) in [6.45, 7) is 1.10. The van der Waals surface area contributed by atoms with Crippen LogP contribution in [0, 0.1) is 0 Å². The molecule has 2 aromatic rings. The zero-order chi connectivity index (χ0) is 14.7. The minimum atomic E-state index is -0.278. The molecule has 0 aliphatic carbocycles. The van der Waals surface area contributed by atoms with Gasteiger partial charge in [0.2, 0.25) is 5.91 Å². The molecule has 2 amide bonds. The van der Waals surface area contributed by atoms with E-state index in [0.717, 1.165) is 5.56 Å². The maximum absolute atomic E-state index is 12.0. The molecule has 21 heavy (non-hydrogen) atoms. The van der Waals surface area contributed by atoms with Crippen LogP contribution in [0.1, 0.15) is 22.5 Å². The van der Waals surface area contributed by atoms with Crippen molar-refractivity contribution in [3.63, 3.8) is 0 Å². The second-order valence-electron chi connectivity index (χ2n) is 5.11. The standard InChI is InChI=1S/C16H16N2O3/c19-15-9-13(17-16(20)14-7-4-8-21-14)11-18(15)10-12-5-2-1-3-6-12/h1-8,13H,9-11H2,(H,17,20)/t13-/m0/s1. The van der Waals surface area contributed by atoms with Crippen molar-refractivity contribution in [2.24, 2.45) is 0 Å². The van der Waals surface area contributed by atoms with Crippen molar-refractivity contribution in [3.8, 4) is 0 Å². The van der Waals surface area contributed by atoms with Gasteiger partial charge in [0.15, 0.2) is 5.76 Å². The molecule has 1 aromatic heterocycles. The molecule has 1 saturated heterocycles. The van der Waals surface area contributed by atoms with E-state index >= 15 is 0 Å². The van der Waals surface area contributed by atoms with Crippen LogP contribution < -0.4 is 5.32 Å². The summed E-state index contributed by atoms with van der Waals surface area (Å²) in [5.74, 6) is 0.0481. The van der Waals surface area contributed by atoms with Crippen molar-refractivity contribution >= 4 is 11.8 Å². The van der Waals surface area contributed by atoms with Crippen molar-refractivity contribution in [1.82, 2.24) is 10.2 Å². The normalized spacial score (nSPS) is 18.0. The van der Waals surface area contributed by atoms with Crippen LogP contribution in [0.15, 0.2) is 53.1 Å². The number of hydrogen-bond acceptors (Lipinski definition) is 3. The summed E-state index contributed by atoms with van der Waals surface area (Å²) in [6.07, 6.45) is 1.79. The van der Waals surface area contributed by atoms with Crippen molar-refractivity contribution in [2.45, 2.75) is 19.0 Å². The van der Waals surface area contributed by atoms with E-state index in [0.29, 0.717) is 19.5 Å². The van der Waals surface area contributed by atoms with Crippen LogP contribution in [0.3, 0.4) is 0 Å². The van der Waals surface area contributed by atoms with Gasteiger partial charge in [-0.2, -0.15) is 0 Å². The lowest BCUT2D eigenvalue weighted by Crippen LogP contribution is -2.36. The van der Waals surface area contributed by atoms with Crippen molar-refractivity contribution < 1.29 is 14.0 Å². The van der Waals surface area contributed by atoms with Gasteiger partial charge in [0.1, 0.15) is 0 Å². The molecule has 108 valence electrons. The molecule has 5 heteroatoms. The number of carbonyl (C=O) groups excluding carboxylic acids is 2. The zero-order valence-electron chi connectivity index (χ0n) is 11.5. The minimum absolute atomic E-state index is 0.0589. The summed E-state index contributed by atoms with van der Waals surface area (Å²) < 4.78 is 5.04. The van der Waals surface area contributed by atoms with E-state index in [1.165, 1.54) is 6.26 Å². The summed E-state index contributed by atoms with van der Waals surface area (Å²) in [6, 6.07) is 12.9. The van der Waals surface area contributed by atoms with Gasteiger partial charge in [0.25, 0.3) is 5.91 Å². The number of likely N-dealkylation sites (tertiary alicyclic amines) is 1. The van der Waals surface area contributed by atoms with Gasteiger partial charge in [0.05, 0.1) is 12.3 Å². The molecule has 0 radical (unpaired) electrons. The first-order valence-electron chi connectivity index (χ1n) is 6.88. The molecule has 0 bridgehead atoms. The first kappa shape index (κ1) is 13.4. The summed E-state index contributed by atoms with van der Waals surface area (Å²) in [5, 5.41) is 2.83. The van der Waals surface area contributed by atoms with Crippen LogP contribution in [0.5, 0.6) is 0 Å². The average molecular weight is 284 g/mol. The molecule has 1 N–H and O–H groups in total. The quantitative estimate of drug-likeness (QED) is 0.931. The van der Waals surface area contributed by atoms with E-state index in [9.17, 15) is 9.59 Å². The smallest absolute Gasteiger partial charge is 0.287 e. The lowest BCUT2D eigenvalue weighted by molar-refractivity contribution is -0.128. The predicted molar refractivity (Wildman–Crippen MR) is 76.4 cm³/mol. The molecule has 0 unspecified atom stereocenters. The Hall–Kier alpha value is -2.56. The Morgan fingerprint density at radius 2 is 2.05 bits per heavy atom. The highest BCUT2D eigenvalue weighted by Gasteiger charge is 2.31. The largest absolute Gasteiger partial charge is 0.459 e. The number of rotatable bonds is 4. The van der Waals surface area contributed by atoms with E-state index in [1.54, 1.807) is 17.0 Å². The van der Waals surface area contributed by atoms with Crippen molar-refractivity contribution in [3.05, 3.63) is 60.1 Å². The molecule has 5 nitrogen and oxygen atoms in total. The summed E-state index contributed by atoms with van der Waals surface area (Å²) in [5.41, 5.74) is 1.09. The molecule has 1 fully saturated rings. The number of hydrogen-bond donors (Lipinski definition) is 1. The van der Waals surface area contributed by atoms with Gasteiger partial charge in [-0.25, -0.2) is 0 Å². The Kier molecular flexibility index (Phi) is 3.73. The van der Waals surface area contributed by atoms with Gasteiger partial charge in [-0.1, -0.05) is 30.3 Å². The minimum Gasteiger partial charge on any atom is -0.459 e. The lowest BCUT2D eigenvalue weighted by Gasteiger charge is -2.17. The fraction of sp³-hybridized carbons (Fsp3) is 0.250.